The SMILES string of the molecule is Cc1ncc(-c2ccc(N(C)CCOc3ccc(F)cc3)cn2)c(N2CCC(C)(C)CC2)c1[C@H](OC(C)(C)C)C(=O)O. The minimum absolute atomic E-state index is 0.220. The number of carboxylic acid groups (broad SMARTS) is 1. The lowest BCUT2D eigenvalue weighted by Crippen LogP contribution is -2.39. The van der Waals surface area contributed by atoms with E-state index in [0.29, 0.717) is 35.9 Å². The molecule has 0 saturated carbocycles. The molecule has 3 aromatic rings. The summed E-state index contributed by atoms with van der Waals surface area (Å²) in [6.07, 6.45) is 4.40. The smallest absolute Gasteiger partial charge is 0.337 e. The summed E-state index contributed by atoms with van der Waals surface area (Å²) in [7, 11) is 1.96. The number of likely N-dealkylation sites (N-methyl/N-ethyl adjacent to an activating group) is 1. The van der Waals surface area contributed by atoms with Crippen molar-refractivity contribution in [3.05, 3.63) is 65.9 Å². The molecule has 0 bridgehead atoms. The largest absolute Gasteiger partial charge is 0.492 e. The number of aliphatic carboxylic acids is 1. The van der Waals surface area contributed by atoms with E-state index in [2.05, 4.69) is 23.7 Å². The van der Waals surface area contributed by atoms with E-state index in [1.54, 1.807) is 24.5 Å². The summed E-state index contributed by atoms with van der Waals surface area (Å²) in [6, 6.07) is 9.90. The Morgan fingerprint density at radius 1 is 1.10 bits per heavy atom. The minimum Gasteiger partial charge on any atom is -0.492 e. The molecule has 3 heterocycles. The summed E-state index contributed by atoms with van der Waals surface area (Å²) in [4.78, 5) is 26.4. The molecule has 4 rings (SSSR count). The zero-order valence-electron chi connectivity index (χ0n) is 25.8. The van der Waals surface area contributed by atoms with Crippen LogP contribution >= 0.6 is 0 Å². The zero-order chi connectivity index (χ0) is 30.7. The van der Waals surface area contributed by atoms with Crippen molar-refractivity contribution in [1.82, 2.24) is 9.97 Å². The number of ether oxygens (including phenoxy) is 2. The Morgan fingerprint density at radius 3 is 2.33 bits per heavy atom. The minimum atomic E-state index is -1.17. The van der Waals surface area contributed by atoms with Gasteiger partial charge in [0.25, 0.3) is 0 Å². The van der Waals surface area contributed by atoms with Crippen LogP contribution in [-0.2, 0) is 9.53 Å². The Morgan fingerprint density at radius 2 is 1.76 bits per heavy atom. The molecule has 1 N–H and O–H groups in total. The van der Waals surface area contributed by atoms with Crippen molar-refractivity contribution < 1.29 is 23.8 Å². The monoisotopic (exact) mass is 578 g/mol. The number of carbonyl (C=O) groups is 1. The number of rotatable bonds is 10. The Balaban J connectivity index is 1.64. The fourth-order valence-corrected chi connectivity index (χ4v) is 5.10. The highest BCUT2D eigenvalue weighted by Gasteiger charge is 2.36. The first-order valence-electron chi connectivity index (χ1n) is 14.4. The van der Waals surface area contributed by atoms with Gasteiger partial charge in [-0.15, -0.1) is 0 Å². The maximum Gasteiger partial charge on any atom is 0.337 e. The van der Waals surface area contributed by atoms with E-state index < -0.39 is 17.7 Å². The van der Waals surface area contributed by atoms with Crippen molar-refractivity contribution in [2.45, 2.75) is 66.1 Å². The number of piperidine rings is 1. The van der Waals surface area contributed by atoms with E-state index in [1.165, 1.54) is 12.1 Å². The molecule has 9 heteroatoms. The van der Waals surface area contributed by atoms with Gasteiger partial charge in [-0.1, -0.05) is 13.8 Å². The standard InChI is InChI=1S/C33H43FN4O4/c1-22-28(30(31(39)40)42-32(2,3)4)29(38-16-14-33(5,6)15-17-38)26(21-35-22)27-13-10-24(20-36-27)37(7)18-19-41-25-11-8-23(34)9-12-25/h8-13,20-21,30H,14-19H2,1-7H3,(H,39,40)/t30-/m0/s1. The molecule has 226 valence electrons. The second kappa shape index (κ2) is 12.7. The third-order valence-electron chi connectivity index (χ3n) is 7.65. The van der Waals surface area contributed by atoms with Gasteiger partial charge in [-0.05, 0) is 82.3 Å². The molecule has 1 atom stereocenters. The number of aryl methyl sites for hydroxylation is 1. The van der Waals surface area contributed by atoms with Crippen molar-refractivity contribution in [1.29, 1.82) is 0 Å². The molecule has 1 aliphatic heterocycles. The van der Waals surface area contributed by atoms with Gasteiger partial charge in [0.05, 0.1) is 35.4 Å². The molecule has 2 aromatic heterocycles. The van der Waals surface area contributed by atoms with Crippen LogP contribution in [0.25, 0.3) is 11.3 Å². The number of pyridine rings is 2. The number of halogens is 1. The number of carboxylic acids is 1. The van der Waals surface area contributed by atoms with E-state index in [-0.39, 0.29) is 11.2 Å². The van der Waals surface area contributed by atoms with Crippen LogP contribution in [0, 0.1) is 18.2 Å². The van der Waals surface area contributed by atoms with Gasteiger partial charge in [0.15, 0.2) is 6.10 Å². The summed E-state index contributed by atoms with van der Waals surface area (Å²) >= 11 is 0. The maximum absolute atomic E-state index is 13.1. The predicted molar refractivity (Wildman–Crippen MR) is 164 cm³/mol. The lowest BCUT2D eigenvalue weighted by atomic mass is 9.82. The summed E-state index contributed by atoms with van der Waals surface area (Å²) < 4.78 is 25.0. The average molecular weight is 579 g/mol. The van der Waals surface area contributed by atoms with Crippen LogP contribution in [0.15, 0.2) is 48.8 Å². The van der Waals surface area contributed by atoms with Crippen molar-refractivity contribution in [2.75, 3.05) is 43.1 Å². The van der Waals surface area contributed by atoms with E-state index >= 15 is 0 Å². The molecule has 0 radical (unpaired) electrons. The average Bonchev–Trinajstić information content (AvgIpc) is 2.92. The van der Waals surface area contributed by atoms with Gasteiger partial charge in [0.2, 0.25) is 0 Å². The molecule has 1 saturated heterocycles. The molecule has 1 aromatic carbocycles. The van der Waals surface area contributed by atoms with E-state index in [4.69, 9.17) is 14.5 Å². The quantitative estimate of drug-likeness (QED) is 0.285. The highest BCUT2D eigenvalue weighted by atomic mass is 19.1. The summed E-state index contributed by atoms with van der Waals surface area (Å²) in [5.74, 6) is -0.725. The normalized spacial score (nSPS) is 15.8. The van der Waals surface area contributed by atoms with Gasteiger partial charge in [-0.2, -0.15) is 0 Å². The molecule has 1 aliphatic rings. The van der Waals surface area contributed by atoms with Crippen LogP contribution in [0.4, 0.5) is 15.8 Å². The topological polar surface area (TPSA) is 88.0 Å². The number of anilines is 2. The van der Waals surface area contributed by atoms with Crippen molar-refractivity contribution in [3.8, 4) is 17.0 Å². The molecule has 42 heavy (non-hydrogen) atoms. The fourth-order valence-electron chi connectivity index (χ4n) is 5.10. The third-order valence-corrected chi connectivity index (χ3v) is 7.65. The van der Waals surface area contributed by atoms with Gasteiger partial charge >= 0.3 is 5.97 Å². The molecule has 1 fully saturated rings. The first-order valence-corrected chi connectivity index (χ1v) is 14.4. The van der Waals surface area contributed by atoms with Crippen molar-refractivity contribution in [3.63, 3.8) is 0 Å². The molecule has 8 nitrogen and oxygen atoms in total. The number of aromatic nitrogens is 2. The first-order chi connectivity index (χ1) is 19.7. The van der Waals surface area contributed by atoms with Crippen LogP contribution in [0.5, 0.6) is 5.75 Å². The number of hydrogen-bond donors (Lipinski definition) is 1. The van der Waals surface area contributed by atoms with Crippen LogP contribution in [-0.4, -0.2) is 59.9 Å². The Bertz CT molecular complexity index is 1360. The molecular weight excluding hydrogens is 535 g/mol. The van der Waals surface area contributed by atoms with Gasteiger partial charge in [-0.25, -0.2) is 9.18 Å². The van der Waals surface area contributed by atoms with Gasteiger partial charge in [-0.3, -0.25) is 9.97 Å². The van der Waals surface area contributed by atoms with Gasteiger partial charge in [0.1, 0.15) is 18.2 Å². The number of nitrogens with zero attached hydrogens (tertiary/aromatic N) is 4. The van der Waals surface area contributed by atoms with E-state index in [1.807, 2.05) is 51.8 Å². The van der Waals surface area contributed by atoms with Crippen LogP contribution in [0.2, 0.25) is 0 Å². The van der Waals surface area contributed by atoms with Crippen LogP contribution in [0.3, 0.4) is 0 Å². The third kappa shape index (κ3) is 7.76. The summed E-state index contributed by atoms with van der Waals surface area (Å²) in [5, 5.41) is 10.3. The number of hydrogen-bond acceptors (Lipinski definition) is 7. The Labute approximate surface area is 248 Å². The highest BCUT2D eigenvalue weighted by molar-refractivity contribution is 5.85. The van der Waals surface area contributed by atoms with Crippen LogP contribution in [0.1, 0.15) is 64.8 Å². The molecular formula is C33H43FN4O4. The second-order valence-electron chi connectivity index (χ2n) is 12.7. The summed E-state index contributed by atoms with van der Waals surface area (Å²) in [6.45, 7) is 14.6. The summed E-state index contributed by atoms with van der Waals surface area (Å²) in [5.41, 5.74) is 3.99. The molecule has 0 aliphatic carbocycles. The number of benzene rings is 1. The van der Waals surface area contributed by atoms with E-state index in [9.17, 15) is 14.3 Å². The molecule has 0 unspecified atom stereocenters. The maximum atomic E-state index is 13.1. The lowest BCUT2D eigenvalue weighted by Gasteiger charge is -2.40. The Kier molecular flexibility index (Phi) is 9.40. The van der Waals surface area contributed by atoms with Crippen molar-refractivity contribution in [2.24, 2.45) is 5.41 Å². The fraction of sp³-hybridized carbons (Fsp3) is 0.485. The van der Waals surface area contributed by atoms with Gasteiger partial charge < -0.3 is 24.4 Å². The van der Waals surface area contributed by atoms with Crippen molar-refractivity contribution >= 4 is 17.3 Å². The van der Waals surface area contributed by atoms with Gasteiger partial charge in [0, 0.05) is 43.2 Å². The van der Waals surface area contributed by atoms with Crippen LogP contribution < -0.4 is 14.5 Å². The first kappa shape index (κ1) is 31.2. The lowest BCUT2D eigenvalue weighted by molar-refractivity contribution is -0.160. The highest BCUT2D eigenvalue weighted by Crippen LogP contribution is 2.43. The predicted octanol–water partition coefficient (Wildman–Crippen LogP) is 6.67. The Hall–Kier alpha value is -3.72. The second-order valence-corrected chi connectivity index (χ2v) is 12.7. The van der Waals surface area contributed by atoms with E-state index in [0.717, 1.165) is 42.9 Å². The molecule has 0 amide bonds. The zero-order valence-corrected chi connectivity index (χ0v) is 25.8. The molecule has 0 spiro atoms.